The topological polar surface area (TPSA) is 61.5 Å². The smallest absolute Gasteiger partial charge is 0.325 e. The molecule has 1 atom stereocenters. The molecule has 1 aromatic carbocycles. The van der Waals surface area contributed by atoms with Crippen molar-refractivity contribution in [3.05, 3.63) is 24.3 Å². The lowest BCUT2D eigenvalue weighted by molar-refractivity contribution is -0.149. The molecule has 0 aromatic heterocycles. The van der Waals surface area contributed by atoms with Crippen LogP contribution in [0.3, 0.4) is 0 Å². The summed E-state index contributed by atoms with van der Waals surface area (Å²) in [5.74, 6) is 1.21. The number of nitrogens with two attached hydrogens (primary N) is 1. The lowest BCUT2D eigenvalue weighted by Crippen LogP contribution is -2.46. The fourth-order valence-corrected chi connectivity index (χ4v) is 2.72. The number of rotatable bonds is 7. The summed E-state index contributed by atoms with van der Waals surface area (Å²) >= 11 is 1.62. The lowest BCUT2D eigenvalue weighted by atomic mass is 10.0. The Morgan fingerprint density at radius 3 is 2.74 bits per heavy atom. The largest absolute Gasteiger partial charge is 0.496 e. The van der Waals surface area contributed by atoms with Crippen LogP contribution >= 0.6 is 11.8 Å². The van der Waals surface area contributed by atoms with E-state index in [2.05, 4.69) is 0 Å². The molecule has 0 aliphatic carbocycles. The maximum atomic E-state index is 11.6. The molecule has 0 spiro atoms. The molecular formula is C14H21NO3S. The van der Waals surface area contributed by atoms with Gasteiger partial charge in [-0.3, -0.25) is 4.79 Å². The molecule has 1 aromatic rings. The van der Waals surface area contributed by atoms with E-state index in [0.717, 1.165) is 16.4 Å². The van der Waals surface area contributed by atoms with Gasteiger partial charge in [0.05, 0.1) is 13.7 Å². The van der Waals surface area contributed by atoms with Crippen LogP contribution in [-0.2, 0) is 9.53 Å². The highest BCUT2D eigenvalue weighted by Crippen LogP contribution is 2.30. The van der Waals surface area contributed by atoms with Gasteiger partial charge < -0.3 is 15.2 Å². The third-order valence-electron chi connectivity index (χ3n) is 2.69. The molecule has 19 heavy (non-hydrogen) atoms. The summed E-state index contributed by atoms with van der Waals surface area (Å²) in [6, 6.07) is 7.78. The first-order chi connectivity index (χ1) is 9.01. The molecule has 0 aliphatic rings. The number of para-hydroxylation sites is 1. The van der Waals surface area contributed by atoms with Crippen LogP contribution in [0, 0.1) is 0 Å². The van der Waals surface area contributed by atoms with E-state index in [1.807, 2.05) is 24.3 Å². The molecule has 1 rings (SSSR count). The van der Waals surface area contributed by atoms with Crippen molar-refractivity contribution in [3.8, 4) is 5.75 Å². The summed E-state index contributed by atoms with van der Waals surface area (Å²) in [7, 11) is 1.64. The van der Waals surface area contributed by atoms with Crippen LogP contribution in [-0.4, -0.2) is 31.0 Å². The van der Waals surface area contributed by atoms with Gasteiger partial charge in [-0.05, 0) is 32.4 Å². The Morgan fingerprint density at radius 2 is 2.11 bits per heavy atom. The predicted molar refractivity (Wildman–Crippen MR) is 77.6 cm³/mol. The van der Waals surface area contributed by atoms with Crippen LogP contribution in [0.1, 0.15) is 20.3 Å². The zero-order chi connectivity index (χ0) is 14.3. The Morgan fingerprint density at radius 1 is 1.42 bits per heavy atom. The van der Waals surface area contributed by atoms with Gasteiger partial charge >= 0.3 is 5.97 Å². The first-order valence-electron chi connectivity index (χ1n) is 6.23. The molecule has 4 nitrogen and oxygen atoms in total. The van der Waals surface area contributed by atoms with Crippen LogP contribution in [0.5, 0.6) is 5.75 Å². The van der Waals surface area contributed by atoms with E-state index < -0.39 is 5.54 Å². The zero-order valence-electron chi connectivity index (χ0n) is 11.6. The van der Waals surface area contributed by atoms with Gasteiger partial charge in [-0.2, -0.15) is 0 Å². The highest BCUT2D eigenvalue weighted by molar-refractivity contribution is 7.99. The molecule has 106 valence electrons. The monoisotopic (exact) mass is 283 g/mol. The van der Waals surface area contributed by atoms with Crippen molar-refractivity contribution in [1.29, 1.82) is 0 Å². The highest BCUT2D eigenvalue weighted by Gasteiger charge is 2.29. The molecule has 0 amide bonds. The third kappa shape index (κ3) is 4.76. The number of esters is 1. The number of benzene rings is 1. The number of hydrogen-bond acceptors (Lipinski definition) is 5. The number of methoxy groups -OCH3 is 1. The van der Waals surface area contributed by atoms with Crippen molar-refractivity contribution in [1.82, 2.24) is 0 Å². The molecule has 0 fully saturated rings. The number of thioether (sulfide) groups is 1. The predicted octanol–water partition coefficient (Wildman–Crippen LogP) is 2.46. The van der Waals surface area contributed by atoms with Crippen LogP contribution in [0.15, 0.2) is 29.2 Å². The first kappa shape index (κ1) is 15.9. The Balaban J connectivity index is 2.51. The van der Waals surface area contributed by atoms with Crippen molar-refractivity contribution < 1.29 is 14.3 Å². The summed E-state index contributed by atoms with van der Waals surface area (Å²) in [5.41, 5.74) is 5.02. The highest BCUT2D eigenvalue weighted by atomic mass is 32.2. The number of carbonyl (C=O) groups is 1. The minimum Gasteiger partial charge on any atom is -0.496 e. The molecule has 5 heteroatoms. The molecule has 2 N–H and O–H groups in total. The second-order valence-electron chi connectivity index (χ2n) is 4.39. The zero-order valence-corrected chi connectivity index (χ0v) is 12.5. The number of ether oxygens (including phenoxy) is 2. The molecule has 0 bridgehead atoms. The average molecular weight is 283 g/mol. The summed E-state index contributed by atoms with van der Waals surface area (Å²) in [6.45, 7) is 3.83. The molecule has 0 saturated heterocycles. The Labute approximate surface area is 118 Å². The van der Waals surface area contributed by atoms with Gasteiger partial charge in [0, 0.05) is 10.6 Å². The van der Waals surface area contributed by atoms with E-state index in [0.29, 0.717) is 13.0 Å². The van der Waals surface area contributed by atoms with Gasteiger partial charge in [-0.1, -0.05) is 12.1 Å². The quantitative estimate of drug-likeness (QED) is 0.615. The second-order valence-corrected chi connectivity index (χ2v) is 5.52. The van der Waals surface area contributed by atoms with E-state index in [4.69, 9.17) is 15.2 Å². The number of carbonyl (C=O) groups excluding carboxylic acids is 1. The molecule has 0 saturated carbocycles. The van der Waals surface area contributed by atoms with Gasteiger partial charge in [0.1, 0.15) is 11.3 Å². The van der Waals surface area contributed by atoms with Gasteiger partial charge in [0.25, 0.3) is 0 Å². The van der Waals surface area contributed by atoms with E-state index in [1.165, 1.54) is 0 Å². The normalized spacial score (nSPS) is 13.7. The van der Waals surface area contributed by atoms with Crippen LogP contribution in [0.2, 0.25) is 0 Å². The van der Waals surface area contributed by atoms with Crippen LogP contribution in [0.25, 0.3) is 0 Å². The van der Waals surface area contributed by atoms with E-state index in [9.17, 15) is 4.79 Å². The average Bonchev–Trinajstić information content (AvgIpc) is 2.39. The van der Waals surface area contributed by atoms with E-state index >= 15 is 0 Å². The molecular weight excluding hydrogens is 262 g/mol. The molecule has 0 aliphatic heterocycles. The van der Waals surface area contributed by atoms with Gasteiger partial charge in [0.15, 0.2) is 0 Å². The van der Waals surface area contributed by atoms with Crippen LogP contribution < -0.4 is 10.5 Å². The summed E-state index contributed by atoms with van der Waals surface area (Å²) < 4.78 is 10.2. The van der Waals surface area contributed by atoms with Crippen molar-refractivity contribution in [2.24, 2.45) is 5.73 Å². The van der Waals surface area contributed by atoms with Gasteiger partial charge in [0.2, 0.25) is 0 Å². The molecule has 0 heterocycles. The van der Waals surface area contributed by atoms with Crippen molar-refractivity contribution >= 4 is 17.7 Å². The second kappa shape index (κ2) is 7.40. The lowest BCUT2D eigenvalue weighted by Gasteiger charge is -2.21. The van der Waals surface area contributed by atoms with E-state index in [-0.39, 0.29) is 5.97 Å². The third-order valence-corrected chi connectivity index (χ3v) is 3.75. The maximum Gasteiger partial charge on any atom is 0.325 e. The minimum atomic E-state index is -0.939. The molecule has 1 unspecified atom stereocenters. The fraction of sp³-hybridized carbons (Fsp3) is 0.500. The fourth-order valence-electron chi connectivity index (χ4n) is 1.51. The summed E-state index contributed by atoms with van der Waals surface area (Å²) in [4.78, 5) is 12.7. The maximum absolute atomic E-state index is 11.6. The minimum absolute atomic E-state index is 0.351. The van der Waals surface area contributed by atoms with Crippen molar-refractivity contribution in [2.75, 3.05) is 19.5 Å². The Kier molecular flexibility index (Phi) is 6.18. The Hall–Kier alpha value is -1.20. The Bertz CT molecular complexity index is 421. The van der Waals surface area contributed by atoms with E-state index in [1.54, 1.807) is 32.7 Å². The van der Waals surface area contributed by atoms with Gasteiger partial charge in [-0.15, -0.1) is 11.8 Å². The van der Waals surface area contributed by atoms with Gasteiger partial charge in [-0.25, -0.2) is 0 Å². The number of hydrogen-bond donors (Lipinski definition) is 1. The first-order valence-corrected chi connectivity index (χ1v) is 7.21. The SMILES string of the molecule is CCOC(=O)C(C)(N)CCSc1ccccc1OC. The standard InChI is InChI=1S/C14H21NO3S/c1-4-18-13(16)14(2,15)9-10-19-12-8-6-5-7-11(12)17-3/h5-8H,4,9-10,15H2,1-3H3. The summed E-state index contributed by atoms with van der Waals surface area (Å²) in [5, 5.41) is 0. The van der Waals surface area contributed by atoms with Crippen LogP contribution in [0.4, 0.5) is 0 Å². The summed E-state index contributed by atoms with van der Waals surface area (Å²) in [6.07, 6.45) is 0.550. The van der Waals surface area contributed by atoms with Crippen molar-refractivity contribution in [2.45, 2.75) is 30.7 Å². The molecule has 0 radical (unpaired) electrons. The van der Waals surface area contributed by atoms with Crippen molar-refractivity contribution in [3.63, 3.8) is 0 Å².